The summed E-state index contributed by atoms with van der Waals surface area (Å²) in [6.07, 6.45) is 19.0. The standard InChI is InChI=1S/C83H93N23O8/c1-96-67-34-50(13-19-63(67)105(81(96)113)65-21-23-73(109)88-77(65)111)8-7-29-98-30-25-53(26-31-98)54-40-86-80(87-41-54)104-57-17-18-58(104)47-102(46-57)70-37-62(60-10-4-6-12-72(60)108)91-93-76(70)95-94-75-69(36-61(90-92-75)59-9-3-5-11-71(59)107)101-44-55-15-16-56(45-101)103(55)79-84-38-52(39-85-79)43-99-32-27-83(28-33-99)48-100(49-83)42-51-14-20-64-68(35-51)97(2)82(114)106(64)66-22-24-74(110)89-78(66)112/h3-6,9-14,19-20,34-41,53,55-58,65-66,107-108H,7-8,15-18,21-33,42-49H2,1-2H3,(H,92,94)(H,93,95)(H,88,109,111)(H,89,110,112). The van der Waals surface area contributed by atoms with Gasteiger partial charge >= 0.3 is 11.4 Å². The smallest absolute Gasteiger partial charge is 0.329 e. The molecule has 9 saturated heterocycles. The van der Waals surface area contributed by atoms with Crippen LogP contribution in [0.5, 0.6) is 11.5 Å². The van der Waals surface area contributed by atoms with E-state index in [0.717, 1.165) is 180 Å². The molecule has 9 aliphatic heterocycles. The number of hydrogen-bond acceptors (Lipinski definition) is 25. The number of phenolic OH excluding ortho intramolecular Hbond substituents is 2. The first-order valence-electron chi connectivity index (χ1n) is 40.3. The van der Waals surface area contributed by atoms with E-state index in [1.54, 1.807) is 47.5 Å². The molecule has 6 N–H and O–H groups in total. The summed E-state index contributed by atoms with van der Waals surface area (Å²) in [5.74, 6) is 1.50. The van der Waals surface area contributed by atoms with E-state index in [2.05, 4.69) is 74.0 Å². The molecule has 31 nitrogen and oxygen atoms in total. The largest absolute Gasteiger partial charge is 0.507 e. The van der Waals surface area contributed by atoms with Gasteiger partial charge in [-0.25, -0.2) is 29.5 Å². The molecule has 0 radical (unpaired) electrons. The van der Waals surface area contributed by atoms with Gasteiger partial charge in [0.05, 0.1) is 44.8 Å². The Morgan fingerprint density at radius 2 is 0.947 bits per heavy atom. The van der Waals surface area contributed by atoms with Crippen LogP contribution >= 0.6 is 0 Å². The number of benzene rings is 4. The van der Waals surface area contributed by atoms with Crippen LogP contribution in [0.2, 0.25) is 0 Å². The van der Waals surface area contributed by atoms with E-state index in [1.165, 1.54) is 9.13 Å². The Morgan fingerprint density at radius 3 is 1.44 bits per heavy atom. The molecule has 4 bridgehead atoms. The zero-order chi connectivity index (χ0) is 77.6. The van der Waals surface area contributed by atoms with Gasteiger partial charge in [-0.15, -0.1) is 20.4 Å². The number of imidazole rings is 2. The Hall–Kier alpha value is -11.7. The minimum absolute atomic E-state index is 0.103. The average Bonchev–Trinajstić information content (AvgIpc) is 1.48. The van der Waals surface area contributed by atoms with E-state index in [-0.39, 0.29) is 77.1 Å². The van der Waals surface area contributed by atoms with Gasteiger partial charge in [0.15, 0.2) is 11.6 Å². The van der Waals surface area contributed by atoms with E-state index < -0.39 is 23.9 Å². The molecule has 4 aromatic carbocycles. The zero-order valence-corrected chi connectivity index (χ0v) is 64.0. The lowest BCUT2D eigenvalue weighted by Gasteiger charge is -2.54. The lowest BCUT2D eigenvalue weighted by atomic mass is 9.72. The van der Waals surface area contributed by atoms with Crippen LogP contribution in [-0.4, -0.2) is 203 Å². The highest BCUT2D eigenvalue weighted by molar-refractivity contribution is 6.01. The molecule has 6 unspecified atom stereocenters. The molecule has 9 aliphatic rings. The molecule has 9 fully saturated rings. The minimum atomic E-state index is -0.709. The van der Waals surface area contributed by atoms with Crippen molar-refractivity contribution in [2.24, 2.45) is 19.5 Å². The van der Waals surface area contributed by atoms with Crippen molar-refractivity contribution in [2.75, 3.05) is 102 Å². The van der Waals surface area contributed by atoms with E-state index >= 15 is 0 Å². The third-order valence-corrected chi connectivity index (χ3v) is 25.9. The molecule has 0 saturated carbocycles. The summed E-state index contributed by atoms with van der Waals surface area (Å²) in [5, 5.41) is 46.2. The van der Waals surface area contributed by atoms with Crippen molar-refractivity contribution in [2.45, 2.75) is 145 Å². The maximum atomic E-state index is 13.4. The Morgan fingerprint density at radius 1 is 0.482 bits per heavy atom. The highest BCUT2D eigenvalue weighted by Crippen LogP contribution is 2.45. The normalized spacial score (nSPS) is 22.8. The van der Waals surface area contributed by atoms with Crippen molar-refractivity contribution in [3.8, 4) is 34.0 Å². The molecule has 4 amide bonds. The van der Waals surface area contributed by atoms with Crippen molar-refractivity contribution in [3.63, 3.8) is 0 Å². The van der Waals surface area contributed by atoms with Crippen LogP contribution < -0.4 is 52.5 Å². The molecule has 10 aromatic rings. The first kappa shape index (κ1) is 72.5. The van der Waals surface area contributed by atoms with E-state index in [0.29, 0.717) is 90.1 Å². The fourth-order valence-corrected chi connectivity index (χ4v) is 19.8. The number of nitrogens with one attached hydrogen (secondary N) is 4. The van der Waals surface area contributed by atoms with Crippen LogP contribution in [0.1, 0.15) is 124 Å². The number of nitrogens with zero attached hydrogens (tertiary/aromatic N) is 19. The fourth-order valence-electron chi connectivity index (χ4n) is 19.8. The number of phenols is 2. The van der Waals surface area contributed by atoms with E-state index in [1.807, 2.05) is 79.4 Å². The van der Waals surface area contributed by atoms with Gasteiger partial charge in [-0.1, -0.05) is 36.4 Å². The molecule has 31 heteroatoms. The summed E-state index contributed by atoms with van der Waals surface area (Å²) in [6, 6.07) is 29.5. The number of likely N-dealkylation sites (tertiary alicyclic amines) is 3. The van der Waals surface area contributed by atoms with E-state index in [4.69, 9.17) is 40.3 Å². The topological polar surface area (TPSA) is 337 Å². The van der Waals surface area contributed by atoms with Gasteiger partial charge < -0.3 is 34.7 Å². The molecule has 1 spiro atoms. The Labute approximate surface area is 657 Å². The van der Waals surface area contributed by atoms with Crippen LogP contribution in [0.15, 0.2) is 131 Å². The number of aromatic nitrogens is 12. The van der Waals surface area contributed by atoms with Crippen LogP contribution in [-0.2, 0) is 52.8 Å². The number of piperazine rings is 2. The number of carbonyl (C=O) groups excluding carboxylic acids is 4. The van der Waals surface area contributed by atoms with Crippen LogP contribution in [0.3, 0.4) is 0 Å². The maximum Gasteiger partial charge on any atom is 0.329 e. The van der Waals surface area contributed by atoms with Gasteiger partial charge in [0, 0.05) is 145 Å². The highest BCUT2D eigenvalue weighted by atomic mass is 16.3. The highest BCUT2D eigenvalue weighted by Gasteiger charge is 2.47. The number of hydrazine groups is 1. The number of anilines is 6. The van der Waals surface area contributed by atoms with Crippen molar-refractivity contribution in [1.29, 1.82) is 0 Å². The summed E-state index contributed by atoms with van der Waals surface area (Å²) >= 11 is 0. The quantitative estimate of drug-likeness (QED) is 0.0333. The van der Waals surface area contributed by atoms with Gasteiger partial charge in [-0.05, 0) is 198 Å². The molecular formula is C83H93N23O8. The summed E-state index contributed by atoms with van der Waals surface area (Å²) < 4.78 is 6.27. The molecular weight excluding hydrogens is 1450 g/mol. The summed E-state index contributed by atoms with van der Waals surface area (Å²) in [7, 11) is 3.47. The maximum absolute atomic E-state index is 13.4. The Bertz CT molecular complexity index is 5500. The number of rotatable bonds is 20. The number of aryl methyl sites for hydroxylation is 3. The lowest BCUT2D eigenvalue weighted by molar-refractivity contribution is -0.137. The number of carbonyl (C=O) groups is 4. The molecule has 15 heterocycles. The molecule has 6 aromatic heterocycles. The van der Waals surface area contributed by atoms with Crippen LogP contribution in [0.4, 0.5) is 34.9 Å². The summed E-state index contributed by atoms with van der Waals surface area (Å²) in [4.78, 5) is 113. The van der Waals surface area contributed by atoms with Gasteiger partial charge in [-0.2, -0.15) is 0 Å². The number of amides is 4. The van der Waals surface area contributed by atoms with Gasteiger partial charge in [0.2, 0.25) is 35.5 Å². The van der Waals surface area contributed by atoms with Crippen molar-refractivity contribution in [3.05, 3.63) is 165 Å². The van der Waals surface area contributed by atoms with Crippen molar-refractivity contribution < 1.29 is 29.4 Å². The number of imide groups is 2. The molecule has 114 heavy (non-hydrogen) atoms. The second-order valence-electron chi connectivity index (χ2n) is 33.0. The number of hydrogen-bond donors (Lipinski definition) is 6. The molecule has 588 valence electrons. The third-order valence-electron chi connectivity index (χ3n) is 25.9. The first-order valence-corrected chi connectivity index (χ1v) is 40.3. The predicted molar refractivity (Wildman–Crippen MR) is 429 cm³/mol. The second-order valence-corrected chi connectivity index (χ2v) is 33.0. The Kier molecular flexibility index (Phi) is 18.9. The SMILES string of the molecule is Cn1c(=O)n(C2CCC(=O)NC2=O)c2ccc(CCCN3CCC(c4cnc(N5C6CCC5CN(c5cc(-c7ccccc7O)nnc5NNc5nnc(-c7ccccc7O)cc5N5CC7CCC(C5)N7c5ncc(CN7CCC8(CC7)CN(Cc7ccc9c(c7)n(C)c(=O)n9C7CCC(=O)NC7=O)C8)cn5)C6)nc4)CC3)cc21. The number of para-hydroxylation sites is 2. The zero-order valence-electron chi connectivity index (χ0n) is 64.0. The van der Waals surface area contributed by atoms with Gasteiger partial charge in [0.1, 0.15) is 23.6 Å². The van der Waals surface area contributed by atoms with Gasteiger partial charge in [-0.3, -0.25) is 68.7 Å². The average molecular weight is 1540 g/mol. The monoisotopic (exact) mass is 1540 g/mol. The predicted octanol–water partition coefficient (Wildman–Crippen LogP) is 6.92. The third kappa shape index (κ3) is 13.6. The van der Waals surface area contributed by atoms with Gasteiger partial charge in [0.25, 0.3) is 0 Å². The Balaban J connectivity index is 0.483. The fraction of sp³-hybridized carbons (Fsp3) is 0.446. The number of piperidine rings is 4. The number of fused-ring (bicyclic) bond motifs is 6. The number of aromatic hydroxyl groups is 2. The molecule has 6 atom stereocenters. The first-order chi connectivity index (χ1) is 55.5. The minimum Gasteiger partial charge on any atom is -0.507 e. The summed E-state index contributed by atoms with van der Waals surface area (Å²) in [6.45, 7) is 11.2. The van der Waals surface area contributed by atoms with Crippen molar-refractivity contribution in [1.82, 2.24) is 83.9 Å². The van der Waals surface area contributed by atoms with Crippen molar-refractivity contribution >= 4 is 80.6 Å². The lowest BCUT2D eigenvalue weighted by Crippen LogP contribution is -2.59. The van der Waals surface area contributed by atoms with E-state index in [9.17, 15) is 39.0 Å². The molecule has 19 rings (SSSR count). The second kappa shape index (κ2) is 29.7. The van der Waals surface area contributed by atoms with Crippen LogP contribution in [0, 0.1) is 5.41 Å². The summed E-state index contributed by atoms with van der Waals surface area (Å²) in [5.41, 5.74) is 17.9. The van der Waals surface area contributed by atoms with Crippen LogP contribution in [0.25, 0.3) is 44.6 Å². The molecule has 0 aliphatic carbocycles.